The van der Waals surface area contributed by atoms with Crippen molar-refractivity contribution in [2.75, 3.05) is 6.61 Å². The fraction of sp³-hybridized carbons (Fsp3) is 0.571. The van der Waals surface area contributed by atoms with E-state index >= 15 is 0 Å². The predicted octanol–water partition coefficient (Wildman–Crippen LogP) is 3.61. The van der Waals surface area contributed by atoms with Crippen molar-refractivity contribution in [2.24, 2.45) is 5.92 Å². The lowest BCUT2D eigenvalue weighted by Crippen LogP contribution is -2.23. The molecule has 0 spiro atoms. The number of nitro groups is 1. The van der Waals surface area contributed by atoms with Crippen LogP contribution in [0.4, 0.5) is 5.69 Å². The Hall–Kier alpha value is -1.46. The van der Waals surface area contributed by atoms with Crippen LogP contribution in [0.1, 0.15) is 45.2 Å². The Labute approximate surface area is 114 Å². The normalized spacial score (nSPS) is 12.6. The molecule has 0 radical (unpaired) electrons. The zero-order chi connectivity index (χ0) is 14.3. The minimum absolute atomic E-state index is 0.0105. The summed E-state index contributed by atoms with van der Waals surface area (Å²) < 4.78 is 0. The SMILES string of the molecule is CCCC(NOCC(C)C)c1cccc([N+](=O)[O-])c1. The van der Waals surface area contributed by atoms with Gasteiger partial charge < -0.3 is 4.84 Å². The van der Waals surface area contributed by atoms with Gasteiger partial charge in [-0.15, -0.1) is 0 Å². The minimum atomic E-state index is -0.374. The summed E-state index contributed by atoms with van der Waals surface area (Å²) >= 11 is 0. The topological polar surface area (TPSA) is 64.4 Å². The highest BCUT2D eigenvalue weighted by molar-refractivity contribution is 5.35. The van der Waals surface area contributed by atoms with Gasteiger partial charge in [0.15, 0.2) is 0 Å². The summed E-state index contributed by atoms with van der Waals surface area (Å²) in [5.74, 6) is 0.444. The second-order valence-electron chi connectivity index (χ2n) is 5.02. The number of nitrogens with one attached hydrogen (secondary N) is 1. The Morgan fingerprint density at radius 3 is 2.74 bits per heavy atom. The lowest BCUT2D eigenvalue weighted by atomic mass is 10.0. The Morgan fingerprint density at radius 2 is 2.16 bits per heavy atom. The molecular weight excluding hydrogens is 244 g/mol. The molecule has 0 aliphatic carbocycles. The standard InChI is InChI=1S/C14H22N2O3/c1-4-6-14(15-19-10-11(2)3)12-7-5-8-13(9-12)16(17)18/h5,7-9,11,14-15H,4,6,10H2,1-3H3. The molecule has 0 saturated heterocycles. The molecule has 0 amide bonds. The highest BCUT2D eigenvalue weighted by Crippen LogP contribution is 2.22. The maximum Gasteiger partial charge on any atom is 0.269 e. The summed E-state index contributed by atoms with van der Waals surface area (Å²) in [6.07, 6.45) is 1.85. The molecule has 1 atom stereocenters. The van der Waals surface area contributed by atoms with Gasteiger partial charge in [-0.2, -0.15) is 5.48 Å². The van der Waals surface area contributed by atoms with E-state index in [-0.39, 0.29) is 16.7 Å². The second kappa shape index (κ2) is 7.86. The molecule has 0 aliphatic rings. The van der Waals surface area contributed by atoms with E-state index in [1.165, 1.54) is 6.07 Å². The molecule has 0 fully saturated rings. The van der Waals surface area contributed by atoms with Crippen LogP contribution in [-0.2, 0) is 4.84 Å². The van der Waals surface area contributed by atoms with Crippen molar-refractivity contribution in [3.63, 3.8) is 0 Å². The average molecular weight is 266 g/mol. The molecule has 1 aromatic rings. The maximum atomic E-state index is 10.8. The number of rotatable bonds is 8. The number of hydrogen-bond donors (Lipinski definition) is 1. The van der Waals surface area contributed by atoms with Crippen molar-refractivity contribution in [1.82, 2.24) is 5.48 Å². The van der Waals surface area contributed by atoms with Crippen LogP contribution >= 0.6 is 0 Å². The summed E-state index contributed by atoms with van der Waals surface area (Å²) in [5, 5.41) is 10.8. The summed E-state index contributed by atoms with van der Waals surface area (Å²) in [4.78, 5) is 15.9. The highest BCUT2D eigenvalue weighted by atomic mass is 16.6. The van der Waals surface area contributed by atoms with Crippen molar-refractivity contribution in [1.29, 1.82) is 0 Å². The van der Waals surface area contributed by atoms with Crippen LogP contribution in [0.5, 0.6) is 0 Å². The van der Waals surface area contributed by atoms with Gasteiger partial charge in [0.1, 0.15) is 0 Å². The van der Waals surface area contributed by atoms with Gasteiger partial charge in [-0.25, -0.2) is 0 Å². The van der Waals surface area contributed by atoms with Crippen LogP contribution in [0.25, 0.3) is 0 Å². The number of nitrogens with zero attached hydrogens (tertiary/aromatic N) is 1. The minimum Gasteiger partial charge on any atom is -0.301 e. The molecule has 0 aliphatic heterocycles. The van der Waals surface area contributed by atoms with E-state index in [4.69, 9.17) is 4.84 Å². The van der Waals surface area contributed by atoms with E-state index in [2.05, 4.69) is 26.3 Å². The van der Waals surface area contributed by atoms with Crippen molar-refractivity contribution < 1.29 is 9.76 Å². The van der Waals surface area contributed by atoms with Gasteiger partial charge in [0.05, 0.1) is 17.6 Å². The third kappa shape index (κ3) is 5.36. The van der Waals surface area contributed by atoms with Gasteiger partial charge in [-0.1, -0.05) is 39.3 Å². The van der Waals surface area contributed by atoms with Gasteiger partial charge in [-0.05, 0) is 17.9 Å². The zero-order valence-corrected chi connectivity index (χ0v) is 11.8. The molecule has 1 unspecified atom stereocenters. The lowest BCUT2D eigenvalue weighted by Gasteiger charge is -2.19. The van der Waals surface area contributed by atoms with E-state index in [1.807, 2.05) is 6.07 Å². The highest BCUT2D eigenvalue weighted by Gasteiger charge is 2.14. The average Bonchev–Trinajstić information content (AvgIpc) is 2.37. The Kier molecular flexibility index (Phi) is 6.45. The molecule has 0 bridgehead atoms. The first-order valence-corrected chi connectivity index (χ1v) is 6.66. The predicted molar refractivity (Wildman–Crippen MR) is 74.7 cm³/mol. The Bertz CT molecular complexity index is 407. The van der Waals surface area contributed by atoms with Crippen molar-refractivity contribution in [2.45, 2.75) is 39.7 Å². The Balaban J connectivity index is 2.74. The van der Waals surface area contributed by atoms with Crippen molar-refractivity contribution in [3.8, 4) is 0 Å². The molecule has 5 nitrogen and oxygen atoms in total. The fourth-order valence-corrected chi connectivity index (χ4v) is 1.75. The zero-order valence-electron chi connectivity index (χ0n) is 11.8. The molecule has 0 heterocycles. The van der Waals surface area contributed by atoms with Gasteiger partial charge >= 0.3 is 0 Å². The summed E-state index contributed by atoms with van der Waals surface area (Å²) in [5.41, 5.74) is 4.02. The molecule has 0 saturated carbocycles. The second-order valence-corrected chi connectivity index (χ2v) is 5.02. The van der Waals surface area contributed by atoms with Gasteiger partial charge in [0, 0.05) is 12.1 Å². The maximum absolute atomic E-state index is 10.8. The van der Waals surface area contributed by atoms with Gasteiger partial charge in [0.25, 0.3) is 5.69 Å². The third-order valence-electron chi connectivity index (χ3n) is 2.70. The van der Waals surface area contributed by atoms with Crippen LogP contribution in [0.3, 0.4) is 0 Å². The fourth-order valence-electron chi connectivity index (χ4n) is 1.75. The van der Waals surface area contributed by atoms with Crippen LogP contribution in [-0.4, -0.2) is 11.5 Å². The lowest BCUT2D eigenvalue weighted by molar-refractivity contribution is -0.384. The molecule has 1 rings (SSSR count). The molecule has 19 heavy (non-hydrogen) atoms. The van der Waals surface area contributed by atoms with E-state index in [1.54, 1.807) is 12.1 Å². The molecule has 1 aromatic carbocycles. The van der Waals surface area contributed by atoms with Crippen molar-refractivity contribution >= 4 is 5.69 Å². The quantitative estimate of drug-likeness (QED) is 0.576. The third-order valence-corrected chi connectivity index (χ3v) is 2.70. The summed E-state index contributed by atoms with van der Waals surface area (Å²) in [7, 11) is 0. The molecule has 106 valence electrons. The van der Waals surface area contributed by atoms with Gasteiger partial charge in [0.2, 0.25) is 0 Å². The summed E-state index contributed by atoms with van der Waals surface area (Å²) in [6, 6.07) is 6.69. The molecule has 5 heteroatoms. The van der Waals surface area contributed by atoms with Gasteiger partial charge in [-0.3, -0.25) is 10.1 Å². The van der Waals surface area contributed by atoms with Crippen LogP contribution < -0.4 is 5.48 Å². The van der Waals surface area contributed by atoms with Crippen LogP contribution in [0, 0.1) is 16.0 Å². The monoisotopic (exact) mass is 266 g/mol. The molecule has 0 aromatic heterocycles. The van der Waals surface area contributed by atoms with E-state index in [0.29, 0.717) is 12.5 Å². The first kappa shape index (κ1) is 15.6. The number of hydroxylamine groups is 1. The van der Waals surface area contributed by atoms with E-state index in [0.717, 1.165) is 18.4 Å². The Morgan fingerprint density at radius 1 is 1.42 bits per heavy atom. The summed E-state index contributed by atoms with van der Waals surface area (Å²) in [6.45, 7) is 6.84. The first-order chi connectivity index (χ1) is 9.04. The van der Waals surface area contributed by atoms with Crippen LogP contribution in [0.2, 0.25) is 0 Å². The molecular formula is C14H22N2O3. The number of hydrogen-bond acceptors (Lipinski definition) is 4. The number of non-ortho nitro benzene ring substituents is 1. The molecule has 1 N–H and O–H groups in total. The number of benzene rings is 1. The van der Waals surface area contributed by atoms with Crippen LogP contribution in [0.15, 0.2) is 24.3 Å². The van der Waals surface area contributed by atoms with E-state index in [9.17, 15) is 10.1 Å². The number of nitro benzene ring substituents is 1. The largest absolute Gasteiger partial charge is 0.301 e. The van der Waals surface area contributed by atoms with Crippen molar-refractivity contribution in [3.05, 3.63) is 39.9 Å². The first-order valence-electron chi connectivity index (χ1n) is 6.66. The smallest absolute Gasteiger partial charge is 0.269 e. The van der Waals surface area contributed by atoms with E-state index < -0.39 is 0 Å².